The molecule has 0 aliphatic heterocycles. The highest BCUT2D eigenvalue weighted by atomic mass is 19.4. The van der Waals surface area contributed by atoms with Crippen molar-refractivity contribution in [3.63, 3.8) is 0 Å². The summed E-state index contributed by atoms with van der Waals surface area (Å²) in [5.41, 5.74) is 2.54. The Morgan fingerprint density at radius 3 is 0.985 bits per heavy atom. The lowest BCUT2D eigenvalue weighted by molar-refractivity contribution is -0.138. The van der Waals surface area contributed by atoms with Gasteiger partial charge >= 0.3 is 12.4 Å². The first-order chi connectivity index (χ1) is 31.8. The molecule has 0 aliphatic rings. The Labute approximate surface area is 371 Å². The van der Waals surface area contributed by atoms with Gasteiger partial charge in [-0.1, -0.05) is 72.8 Å². The second-order valence-electron chi connectivity index (χ2n) is 15.7. The molecule has 2 aromatic heterocycles. The molecule has 0 amide bonds. The predicted octanol–water partition coefficient (Wildman–Crippen LogP) is 14.4. The summed E-state index contributed by atoms with van der Waals surface area (Å²) in [5, 5.41) is 41.2. The summed E-state index contributed by atoms with van der Waals surface area (Å²) in [5.74, 6) is 0. The largest absolute Gasteiger partial charge is 0.418 e. The maximum absolute atomic E-state index is 15.2. The van der Waals surface area contributed by atoms with Gasteiger partial charge in [-0.15, -0.1) is 0 Å². The minimum absolute atomic E-state index is 0.203. The number of para-hydroxylation sites is 2. The standard InChI is InChI=1S/C54H26F6N6/c55-53(56,57)45-15-11-35(25-51(45)65-47-7-3-1-5-41(47)43-13-9-37(23-49(43)65)39-19-31(27-61)17-32(20-39)28-62)36-12-16-46(54(58,59)60)52(26-36)66-48-8-4-2-6-42(48)44-14-10-38(24-50(44)66)40-21-33(29-63)18-34(22-40)30-64/h1-26H. The Kier molecular flexibility index (Phi) is 9.50. The number of fused-ring (bicyclic) bond motifs is 6. The maximum atomic E-state index is 15.2. The van der Waals surface area contributed by atoms with Gasteiger partial charge in [-0.2, -0.15) is 47.4 Å². The highest BCUT2D eigenvalue weighted by Gasteiger charge is 2.37. The average Bonchev–Trinajstić information content (AvgIpc) is 3.84. The Bertz CT molecular complexity index is 3540. The van der Waals surface area contributed by atoms with E-state index < -0.39 is 23.5 Å². The van der Waals surface area contributed by atoms with E-state index in [0.29, 0.717) is 65.9 Å². The predicted molar refractivity (Wildman–Crippen MR) is 240 cm³/mol. The number of nitriles is 4. The van der Waals surface area contributed by atoms with Gasteiger partial charge in [0, 0.05) is 21.5 Å². The van der Waals surface area contributed by atoms with Crippen molar-refractivity contribution in [3.8, 4) is 69.0 Å². The summed E-state index contributed by atoms with van der Waals surface area (Å²) in [6.07, 6.45) is -9.72. The van der Waals surface area contributed by atoms with Crippen molar-refractivity contribution in [1.82, 2.24) is 9.13 Å². The summed E-state index contributed by atoms with van der Waals surface area (Å²) >= 11 is 0. The molecule has 2 heterocycles. The molecule has 0 spiro atoms. The van der Waals surface area contributed by atoms with E-state index in [1.165, 1.54) is 45.5 Å². The number of halogens is 6. The number of benzene rings is 8. The fourth-order valence-electron chi connectivity index (χ4n) is 8.94. The molecule has 0 saturated carbocycles. The number of nitrogens with zero attached hydrogens (tertiary/aromatic N) is 6. The number of hydrogen-bond acceptors (Lipinski definition) is 4. The minimum Gasteiger partial charge on any atom is -0.309 e. The molecule has 0 saturated heterocycles. The summed E-state index contributed by atoms with van der Waals surface area (Å²) in [6.45, 7) is 0. The first kappa shape index (κ1) is 40.9. The zero-order chi connectivity index (χ0) is 46.1. The first-order valence-electron chi connectivity index (χ1n) is 20.2. The van der Waals surface area contributed by atoms with E-state index in [4.69, 9.17) is 0 Å². The van der Waals surface area contributed by atoms with Crippen LogP contribution < -0.4 is 0 Å². The van der Waals surface area contributed by atoms with Crippen molar-refractivity contribution in [3.05, 3.63) is 191 Å². The van der Waals surface area contributed by atoms with Crippen LogP contribution >= 0.6 is 0 Å². The summed E-state index contributed by atoms with van der Waals surface area (Å²) in [4.78, 5) is 0. The van der Waals surface area contributed by atoms with Gasteiger partial charge in [-0.05, 0) is 118 Å². The summed E-state index contributed by atoms with van der Waals surface area (Å²) < 4.78 is 94.3. The van der Waals surface area contributed by atoms with Crippen molar-refractivity contribution in [2.75, 3.05) is 0 Å². The lowest BCUT2D eigenvalue weighted by atomic mass is 9.98. The lowest BCUT2D eigenvalue weighted by Crippen LogP contribution is -2.12. The molecule has 0 aliphatic carbocycles. The van der Waals surface area contributed by atoms with E-state index in [1.807, 2.05) is 24.3 Å². The van der Waals surface area contributed by atoms with Crippen LogP contribution in [0.3, 0.4) is 0 Å². The van der Waals surface area contributed by atoms with E-state index in [9.17, 15) is 21.0 Å². The number of alkyl halides is 6. The van der Waals surface area contributed by atoms with Gasteiger partial charge in [0.25, 0.3) is 0 Å². The zero-order valence-corrected chi connectivity index (χ0v) is 34.0. The molecule has 10 rings (SSSR count). The van der Waals surface area contributed by atoms with Crippen molar-refractivity contribution in [2.45, 2.75) is 12.4 Å². The molecule has 0 N–H and O–H groups in total. The molecule has 0 fully saturated rings. The van der Waals surface area contributed by atoms with E-state index in [0.717, 1.165) is 12.1 Å². The lowest BCUT2D eigenvalue weighted by Gasteiger charge is -2.20. The summed E-state index contributed by atoms with van der Waals surface area (Å²) in [7, 11) is 0. The molecule has 314 valence electrons. The molecule has 8 aromatic carbocycles. The summed E-state index contributed by atoms with van der Waals surface area (Å²) in [6, 6.07) is 48.8. The van der Waals surface area contributed by atoms with Crippen LogP contribution in [0.25, 0.3) is 88.4 Å². The smallest absolute Gasteiger partial charge is 0.309 e. The average molecular weight is 873 g/mol. The third kappa shape index (κ3) is 6.82. The van der Waals surface area contributed by atoms with Crippen molar-refractivity contribution < 1.29 is 26.3 Å². The second-order valence-corrected chi connectivity index (χ2v) is 15.7. The van der Waals surface area contributed by atoms with Gasteiger partial charge < -0.3 is 9.13 Å². The number of rotatable bonds is 5. The Morgan fingerprint density at radius 2 is 0.636 bits per heavy atom. The SMILES string of the molecule is N#Cc1cc(C#N)cc(-c2ccc3c4ccccc4n(-c4cc(-c5ccc(C(F)(F)F)c(-n6c7ccccc7c7ccc(-c8cc(C#N)cc(C#N)c8)cc76)c5)ccc4C(F)(F)F)c3c2)c1. The Morgan fingerprint density at radius 1 is 0.318 bits per heavy atom. The van der Waals surface area contributed by atoms with E-state index >= 15 is 26.3 Å². The third-order valence-electron chi connectivity index (χ3n) is 11.8. The van der Waals surface area contributed by atoms with Crippen molar-refractivity contribution in [1.29, 1.82) is 21.0 Å². The van der Waals surface area contributed by atoms with Crippen LogP contribution in [0.4, 0.5) is 26.3 Å². The normalized spacial score (nSPS) is 11.7. The minimum atomic E-state index is -4.86. The van der Waals surface area contributed by atoms with E-state index in [2.05, 4.69) is 0 Å². The molecule has 66 heavy (non-hydrogen) atoms. The van der Waals surface area contributed by atoms with Crippen LogP contribution in [-0.4, -0.2) is 9.13 Å². The molecular weight excluding hydrogens is 847 g/mol. The first-order valence-corrected chi connectivity index (χ1v) is 20.2. The Hall–Kier alpha value is -9.10. The van der Waals surface area contributed by atoms with Crippen molar-refractivity contribution in [2.24, 2.45) is 0 Å². The third-order valence-corrected chi connectivity index (χ3v) is 11.8. The molecule has 0 atom stereocenters. The molecular formula is C54H26F6N6. The van der Waals surface area contributed by atoms with Crippen LogP contribution in [0.1, 0.15) is 33.4 Å². The second kappa shape index (κ2) is 15.3. The molecule has 12 heteroatoms. The van der Waals surface area contributed by atoms with E-state index in [1.54, 1.807) is 109 Å². The maximum Gasteiger partial charge on any atom is 0.418 e. The molecule has 0 unspecified atom stereocenters. The van der Waals surface area contributed by atoms with Gasteiger partial charge in [-0.25, -0.2) is 0 Å². The van der Waals surface area contributed by atoms with Gasteiger partial charge in [0.15, 0.2) is 0 Å². The van der Waals surface area contributed by atoms with Gasteiger partial charge in [0.05, 0.1) is 91.1 Å². The molecule has 0 radical (unpaired) electrons. The van der Waals surface area contributed by atoms with Crippen LogP contribution in [0.15, 0.2) is 158 Å². The van der Waals surface area contributed by atoms with Crippen LogP contribution in [0.2, 0.25) is 0 Å². The Balaban J connectivity index is 1.22. The molecule has 6 nitrogen and oxygen atoms in total. The monoisotopic (exact) mass is 872 g/mol. The van der Waals surface area contributed by atoms with Gasteiger partial charge in [-0.3, -0.25) is 0 Å². The topological polar surface area (TPSA) is 105 Å². The fraction of sp³-hybridized carbons (Fsp3) is 0.0370. The quantitative estimate of drug-likeness (QED) is 0.161. The van der Waals surface area contributed by atoms with Crippen LogP contribution in [-0.2, 0) is 12.4 Å². The zero-order valence-electron chi connectivity index (χ0n) is 34.0. The van der Waals surface area contributed by atoms with Crippen LogP contribution in [0, 0.1) is 45.3 Å². The highest BCUT2D eigenvalue weighted by Crippen LogP contribution is 2.45. The van der Waals surface area contributed by atoms with Crippen molar-refractivity contribution >= 4 is 43.6 Å². The molecule has 10 aromatic rings. The molecule has 0 bridgehead atoms. The van der Waals surface area contributed by atoms with Gasteiger partial charge in [0.2, 0.25) is 0 Å². The number of hydrogen-bond donors (Lipinski definition) is 0. The van der Waals surface area contributed by atoms with Gasteiger partial charge in [0.1, 0.15) is 0 Å². The van der Waals surface area contributed by atoms with E-state index in [-0.39, 0.29) is 44.8 Å². The highest BCUT2D eigenvalue weighted by molar-refractivity contribution is 6.11. The van der Waals surface area contributed by atoms with Crippen LogP contribution in [0.5, 0.6) is 0 Å². The number of aromatic nitrogens is 2. The fourth-order valence-corrected chi connectivity index (χ4v) is 8.94.